The van der Waals surface area contributed by atoms with E-state index in [0.717, 1.165) is 36.0 Å². The van der Waals surface area contributed by atoms with Gasteiger partial charge in [0.25, 0.3) is 0 Å². The Kier molecular flexibility index (Phi) is 1.95. The summed E-state index contributed by atoms with van der Waals surface area (Å²) in [5.41, 5.74) is 2.98. The maximum absolute atomic E-state index is 10.8. The zero-order valence-corrected chi connectivity index (χ0v) is 8.00. The Morgan fingerprint density at radius 1 is 1.36 bits per heavy atom. The highest BCUT2D eigenvalue weighted by Gasteiger charge is 2.22. The summed E-state index contributed by atoms with van der Waals surface area (Å²) >= 11 is 0. The molecule has 0 saturated heterocycles. The molecule has 2 rings (SSSR count). The highest BCUT2D eigenvalue weighted by atomic mass is 16.4. The first-order valence-electron chi connectivity index (χ1n) is 4.69. The molecule has 0 saturated carbocycles. The Balaban J connectivity index is 2.68. The van der Waals surface area contributed by atoms with Crippen LogP contribution in [0.5, 0.6) is 5.75 Å². The maximum Gasteiger partial charge on any atom is 0.339 e. The fraction of sp³-hybridized carbons (Fsp3) is 0.364. The zero-order chi connectivity index (χ0) is 10.3. The van der Waals surface area contributed by atoms with E-state index >= 15 is 0 Å². The standard InChI is InChI=1S/C11H12O3/c1-6-5-9(11(13)14)10(12)8-4-2-3-7(6)8/h5,12H,2-4H2,1H3,(H,13,14). The molecule has 74 valence electrons. The molecular weight excluding hydrogens is 180 g/mol. The van der Waals surface area contributed by atoms with Gasteiger partial charge in [-0.1, -0.05) is 0 Å². The normalized spacial score (nSPS) is 14.1. The molecule has 0 radical (unpaired) electrons. The highest BCUT2D eigenvalue weighted by Crippen LogP contribution is 2.35. The lowest BCUT2D eigenvalue weighted by atomic mass is 9.99. The van der Waals surface area contributed by atoms with Crippen molar-refractivity contribution in [3.8, 4) is 5.75 Å². The maximum atomic E-state index is 10.8. The number of fused-ring (bicyclic) bond motifs is 1. The van der Waals surface area contributed by atoms with Crippen LogP contribution in [0.4, 0.5) is 0 Å². The molecule has 0 aliphatic heterocycles. The SMILES string of the molecule is Cc1cc(C(=O)O)c(O)c2c1CCC2. The van der Waals surface area contributed by atoms with Gasteiger partial charge in [-0.3, -0.25) is 0 Å². The quantitative estimate of drug-likeness (QED) is 0.714. The van der Waals surface area contributed by atoms with Gasteiger partial charge in [0.2, 0.25) is 0 Å². The average molecular weight is 192 g/mol. The molecule has 0 spiro atoms. The molecule has 0 atom stereocenters. The van der Waals surface area contributed by atoms with Crippen LogP contribution in [0.15, 0.2) is 6.07 Å². The summed E-state index contributed by atoms with van der Waals surface area (Å²) in [7, 11) is 0. The monoisotopic (exact) mass is 192 g/mol. The van der Waals surface area contributed by atoms with Crippen molar-refractivity contribution in [1.29, 1.82) is 0 Å². The summed E-state index contributed by atoms with van der Waals surface area (Å²) in [5, 5.41) is 18.6. The van der Waals surface area contributed by atoms with Gasteiger partial charge in [0, 0.05) is 0 Å². The van der Waals surface area contributed by atoms with Crippen molar-refractivity contribution in [2.24, 2.45) is 0 Å². The first kappa shape index (κ1) is 9.06. The lowest BCUT2D eigenvalue weighted by Crippen LogP contribution is -2.01. The van der Waals surface area contributed by atoms with E-state index in [-0.39, 0.29) is 11.3 Å². The number of hydrogen-bond donors (Lipinski definition) is 2. The molecular formula is C11H12O3. The van der Waals surface area contributed by atoms with Gasteiger partial charge in [-0.2, -0.15) is 0 Å². The molecule has 0 amide bonds. The van der Waals surface area contributed by atoms with E-state index in [1.807, 2.05) is 6.92 Å². The molecule has 1 aliphatic carbocycles. The first-order valence-corrected chi connectivity index (χ1v) is 4.69. The summed E-state index contributed by atoms with van der Waals surface area (Å²) < 4.78 is 0. The molecule has 0 fully saturated rings. The minimum Gasteiger partial charge on any atom is -0.507 e. The smallest absolute Gasteiger partial charge is 0.339 e. The molecule has 0 unspecified atom stereocenters. The number of hydrogen-bond acceptors (Lipinski definition) is 2. The third-order valence-corrected chi connectivity index (χ3v) is 2.83. The Hall–Kier alpha value is -1.51. The number of carbonyl (C=O) groups is 1. The number of aryl methyl sites for hydroxylation is 1. The van der Waals surface area contributed by atoms with Crippen molar-refractivity contribution >= 4 is 5.97 Å². The van der Waals surface area contributed by atoms with Crippen LogP contribution in [0, 0.1) is 6.92 Å². The first-order chi connectivity index (χ1) is 6.61. The number of carboxylic acid groups (broad SMARTS) is 1. The molecule has 3 nitrogen and oxygen atoms in total. The third-order valence-electron chi connectivity index (χ3n) is 2.83. The van der Waals surface area contributed by atoms with E-state index in [2.05, 4.69) is 0 Å². The number of benzene rings is 1. The molecule has 14 heavy (non-hydrogen) atoms. The highest BCUT2D eigenvalue weighted by molar-refractivity contribution is 5.92. The van der Waals surface area contributed by atoms with Crippen molar-refractivity contribution in [2.75, 3.05) is 0 Å². The minimum absolute atomic E-state index is 0.0307. The number of aromatic hydroxyl groups is 1. The fourth-order valence-corrected chi connectivity index (χ4v) is 2.14. The second kappa shape index (κ2) is 3.01. The summed E-state index contributed by atoms with van der Waals surface area (Å²) in [4.78, 5) is 10.8. The molecule has 0 heterocycles. The number of aromatic carboxylic acids is 1. The zero-order valence-electron chi connectivity index (χ0n) is 8.00. The van der Waals surface area contributed by atoms with Crippen LogP contribution < -0.4 is 0 Å². The summed E-state index contributed by atoms with van der Waals surface area (Å²) in [5.74, 6) is -1.09. The van der Waals surface area contributed by atoms with Crippen molar-refractivity contribution in [1.82, 2.24) is 0 Å². The van der Waals surface area contributed by atoms with Gasteiger partial charge in [-0.05, 0) is 48.9 Å². The van der Waals surface area contributed by atoms with Crippen LogP contribution in [0.3, 0.4) is 0 Å². The second-order valence-corrected chi connectivity index (χ2v) is 3.71. The van der Waals surface area contributed by atoms with E-state index in [9.17, 15) is 9.90 Å². The predicted molar refractivity (Wildman–Crippen MR) is 51.8 cm³/mol. The Labute approximate surface area is 82.0 Å². The molecule has 0 bridgehead atoms. The fourth-order valence-electron chi connectivity index (χ4n) is 2.14. The lowest BCUT2D eigenvalue weighted by molar-refractivity contribution is 0.0693. The molecule has 1 aromatic carbocycles. The number of rotatable bonds is 1. The van der Waals surface area contributed by atoms with Gasteiger partial charge in [-0.25, -0.2) is 4.79 Å². The summed E-state index contributed by atoms with van der Waals surface area (Å²) in [6.07, 6.45) is 2.75. The van der Waals surface area contributed by atoms with Gasteiger partial charge in [0.05, 0.1) is 0 Å². The average Bonchev–Trinajstić information content (AvgIpc) is 2.59. The molecule has 1 aromatic rings. The molecule has 2 N–H and O–H groups in total. The van der Waals surface area contributed by atoms with Crippen molar-refractivity contribution < 1.29 is 15.0 Å². The molecule has 0 aromatic heterocycles. The molecule has 1 aliphatic rings. The summed E-state index contributed by atoms with van der Waals surface area (Å²) in [6.45, 7) is 1.90. The third kappa shape index (κ3) is 1.16. The topological polar surface area (TPSA) is 57.5 Å². The Morgan fingerprint density at radius 3 is 2.64 bits per heavy atom. The molecule has 3 heteroatoms. The summed E-state index contributed by atoms with van der Waals surface area (Å²) in [6, 6.07) is 1.56. The van der Waals surface area contributed by atoms with E-state index in [0.29, 0.717) is 0 Å². The van der Waals surface area contributed by atoms with Crippen molar-refractivity contribution in [3.63, 3.8) is 0 Å². The van der Waals surface area contributed by atoms with E-state index < -0.39 is 5.97 Å². The van der Waals surface area contributed by atoms with E-state index in [4.69, 9.17) is 5.11 Å². The largest absolute Gasteiger partial charge is 0.507 e. The van der Waals surface area contributed by atoms with Crippen LogP contribution in [0.25, 0.3) is 0 Å². The van der Waals surface area contributed by atoms with Gasteiger partial charge < -0.3 is 10.2 Å². The Bertz CT molecular complexity index is 407. The van der Waals surface area contributed by atoms with Crippen LogP contribution in [-0.4, -0.2) is 16.2 Å². The van der Waals surface area contributed by atoms with E-state index in [1.54, 1.807) is 6.07 Å². The predicted octanol–water partition coefficient (Wildman–Crippen LogP) is 1.89. The van der Waals surface area contributed by atoms with Crippen molar-refractivity contribution in [3.05, 3.63) is 28.3 Å². The van der Waals surface area contributed by atoms with Gasteiger partial charge in [0.1, 0.15) is 11.3 Å². The lowest BCUT2D eigenvalue weighted by Gasteiger charge is -2.09. The van der Waals surface area contributed by atoms with Crippen molar-refractivity contribution in [2.45, 2.75) is 26.2 Å². The number of phenols is 1. The minimum atomic E-state index is -1.06. The van der Waals surface area contributed by atoms with E-state index in [1.165, 1.54) is 0 Å². The second-order valence-electron chi connectivity index (χ2n) is 3.71. The number of carboxylic acids is 1. The van der Waals surface area contributed by atoms with Crippen LogP contribution in [0.1, 0.15) is 33.5 Å². The van der Waals surface area contributed by atoms with Gasteiger partial charge in [0.15, 0.2) is 0 Å². The van der Waals surface area contributed by atoms with Crippen LogP contribution in [0.2, 0.25) is 0 Å². The van der Waals surface area contributed by atoms with Gasteiger partial charge in [-0.15, -0.1) is 0 Å². The Morgan fingerprint density at radius 2 is 2.00 bits per heavy atom. The van der Waals surface area contributed by atoms with Crippen LogP contribution >= 0.6 is 0 Å². The van der Waals surface area contributed by atoms with Crippen LogP contribution in [-0.2, 0) is 12.8 Å². The van der Waals surface area contributed by atoms with Gasteiger partial charge >= 0.3 is 5.97 Å².